The number of thiol groups is 1. The van der Waals surface area contributed by atoms with Crippen LogP contribution in [-0.2, 0) is 4.79 Å². The Morgan fingerprint density at radius 2 is 2.19 bits per heavy atom. The van der Waals surface area contributed by atoms with Crippen molar-refractivity contribution in [2.45, 2.75) is 0 Å². The number of carbonyl (C=O) groups excluding carboxylic acids is 1. The SMILES string of the molecule is O=C(COc1ccc(Cl)cc1Cl)NCCS. The Morgan fingerprint density at radius 3 is 2.81 bits per heavy atom. The molecule has 1 rings (SSSR count). The van der Waals surface area contributed by atoms with Crippen LogP contribution in [0.4, 0.5) is 0 Å². The van der Waals surface area contributed by atoms with E-state index in [-0.39, 0.29) is 12.5 Å². The summed E-state index contributed by atoms with van der Waals surface area (Å²) in [7, 11) is 0. The lowest BCUT2D eigenvalue weighted by Gasteiger charge is -2.08. The number of halogens is 2. The molecule has 0 saturated carbocycles. The van der Waals surface area contributed by atoms with Gasteiger partial charge in [-0.25, -0.2) is 0 Å². The van der Waals surface area contributed by atoms with Crippen molar-refractivity contribution >= 4 is 41.7 Å². The Balaban J connectivity index is 2.45. The summed E-state index contributed by atoms with van der Waals surface area (Å²) in [5.41, 5.74) is 0. The molecule has 0 spiro atoms. The van der Waals surface area contributed by atoms with Crippen LogP contribution in [0.1, 0.15) is 0 Å². The van der Waals surface area contributed by atoms with E-state index in [4.69, 9.17) is 27.9 Å². The fourth-order valence-electron chi connectivity index (χ4n) is 0.982. The van der Waals surface area contributed by atoms with Crippen molar-refractivity contribution in [2.75, 3.05) is 18.9 Å². The van der Waals surface area contributed by atoms with Gasteiger partial charge in [0.05, 0.1) is 5.02 Å². The second-order valence-corrected chi connectivity index (χ2v) is 4.23. The van der Waals surface area contributed by atoms with Crippen LogP contribution in [0.25, 0.3) is 0 Å². The van der Waals surface area contributed by atoms with Gasteiger partial charge in [0.2, 0.25) is 0 Å². The van der Waals surface area contributed by atoms with Gasteiger partial charge in [0.1, 0.15) is 5.75 Å². The minimum absolute atomic E-state index is 0.0743. The first-order valence-electron chi connectivity index (χ1n) is 4.59. The number of rotatable bonds is 5. The molecule has 16 heavy (non-hydrogen) atoms. The second kappa shape index (κ2) is 6.89. The number of benzene rings is 1. The van der Waals surface area contributed by atoms with Gasteiger partial charge in [-0.05, 0) is 18.2 Å². The summed E-state index contributed by atoms with van der Waals surface area (Å²) in [5.74, 6) is 0.820. The highest BCUT2D eigenvalue weighted by Gasteiger charge is 2.05. The number of nitrogens with one attached hydrogen (secondary N) is 1. The molecule has 0 saturated heterocycles. The number of ether oxygens (including phenoxy) is 1. The zero-order valence-electron chi connectivity index (χ0n) is 8.37. The Kier molecular flexibility index (Phi) is 5.80. The average molecular weight is 280 g/mol. The van der Waals surface area contributed by atoms with Crippen molar-refractivity contribution in [3.05, 3.63) is 28.2 Å². The Hall–Kier alpha value is -0.580. The number of carbonyl (C=O) groups is 1. The van der Waals surface area contributed by atoms with Crippen molar-refractivity contribution in [3.8, 4) is 5.75 Å². The van der Waals surface area contributed by atoms with Crippen LogP contribution in [-0.4, -0.2) is 24.8 Å². The standard InChI is InChI=1S/C10H11Cl2NO2S/c11-7-1-2-9(8(12)5-7)15-6-10(14)13-3-4-16/h1-2,5,16H,3-4,6H2,(H,13,14). The normalized spacial score (nSPS) is 9.94. The van der Waals surface area contributed by atoms with Gasteiger partial charge in [-0.1, -0.05) is 23.2 Å². The molecule has 0 bridgehead atoms. The molecule has 1 amide bonds. The van der Waals surface area contributed by atoms with Crippen LogP contribution in [0.3, 0.4) is 0 Å². The summed E-state index contributed by atoms with van der Waals surface area (Å²) in [6, 6.07) is 4.83. The molecular weight excluding hydrogens is 269 g/mol. The van der Waals surface area contributed by atoms with Crippen molar-refractivity contribution in [2.24, 2.45) is 0 Å². The van der Waals surface area contributed by atoms with Crippen molar-refractivity contribution in [1.82, 2.24) is 5.32 Å². The van der Waals surface area contributed by atoms with Crippen LogP contribution in [0.15, 0.2) is 18.2 Å². The highest BCUT2D eigenvalue weighted by atomic mass is 35.5. The molecule has 0 aliphatic rings. The zero-order valence-corrected chi connectivity index (χ0v) is 10.8. The number of amides is 1. The minimum atomic E-state index is -0.208. The fourth-order valence-corrected chi connectivity index (χ4v) is 1.56. The topological polar surface area (TPSA) is 38.3 Å². The van der Waals surface area contributed by atoms with Crippen molar-refractivity contribution in [3.63, 3.8) is 0 Å². The van der Waals surface area contributed by atoms with Gasteiger partial charge >= 0.3 is 0 Å². The predicted octanol–water partition coefficient (Wildman–Crippen LogP) is 2.42. The summed E-state index contributed by atoms with van der Waals surface area (Å²) in [4.78, 5) is 11.2. The van der Waals surface area contributed by atoms with E-state index in [1.807, 2.05) is 0 Å². The Labute approximate surface area is 109 Å². The maximum atomic E-state index is 11.2. The third-order valence-corrected chi connectivity index (χ3v) is 2.44. The monoisotopic (exact) mass is 279 g/mol. The summed E-state index contributed by atoms with van der Waals surface area (Å²) >= 11 is 15.6. The van der Waals surface area contributed by atoms with Gasteiger partial charge < -0.3 is 10.1 Å². The zero-order chi connectivity index (χ0) is 12.0. The van der Waals surface area contributed by atoms with E-state index in [2.05, 4.69) is 17.9 Å². The van der Waals surface area contributed by atoms with Crippen LogP contribution in [0.2, 0.25) is 10.0 Å². The highest BCUT2D eigenvalue weighted by Crippen LogP contribution is 2.27. The smallest absolute Gasteiger partial charge is 0.257 e. The quantitative estimate of drug-likeness (QED) is 0.813. The summed E-state index contributed by atoms with van der Waals surface area (Å²) in [6.07, 6.45) is 0. The first-order chi connectivity index (χ1) is 7.63. The van der Waals surface area contributed by atoms with E-state index >= 15 is 0 Å². The van der Waals surface area contributed by atoms with E-state index < -0.39 is 0 Å². The summed E-state index contributed by atoms with van der Waals surface area (Å²) < 4.78 is 5.22. The molecule has 1 aromatic rings. The first-order valence-corrected chi connectivity index (χ1v) is 5.97. The van der Waals surface area contributed by atoms with E-state index in [1.54, 1.807) is 18.2 Å². The Morgan fingerprint density at radius 1 is 1.44 bits per heavy atom. The first kappa shape index (κ1) is 13.5. The van der Waals surface area contributed by atoms with Crippen LogP contribution < -0.4 is 10.1 Å². The molecule has 0 fully saturated rings. The predicted molar refractivity (Wildman–Crippen MR) is 68.8 cm³/mol. The molecule has 3 nitrogen and oxygen atoms in total. The van der Waals surface area contributed by atoms with E-state index in [0.717, 1.165) is 0 Å². The minimum Gasteiger partial charge on any atom is -0.482 e. The number of hydrogen-bond donors (Lipinski definition) is 2. The van der Waals surface area contributed by atoms with Crippen LogP contribution in [0, 0.1) is 0 Å². The van der Waals surface area contributed by atoms with Crippen LogP contribution in [0.5, 0.6) is 5.75 Å². The van der Waals surface area contributed by atoms with Gasteiger partial charge in [0.15, 0.2) is 6.61 Å². The molecule has 1 N–H and O–H groups in total. The van der Waals surface area contributed by atoms with E-state index in [9.17, 15) is 4.79 Å². The Bertz CT molecular complexity index is 374. The van der Waals surface area contributed by atoms with Crippen LogP contribution >= 0.6 is 35.8 Å². The van der Waals surface area contributed by atoms with E-state index in [0.29, 0.717) is 28.1 Å². The van der Waals surface area contributed by atoms with Crippen molar-refractivity contribution in [1.29, 1.82) is 0 Å². The summed E-state index contributed by atoms with van der Waals surface area (Å²) in [6.45, 7) is 0.439. The highest BCUT2D eigenvalue weighted by molar-refractivity contribution is 7.80. The molecule has 0 atom stereocenters. The third kappa shape index (κ3) is 4.51. The molecule has 0 heterocycles. The molecule has 88 valence electrons. The lowest BCUT2D eigenvalue weighted by atomic mass is 10.3. The maximum Gasteiger partial charge on any atom is 0.257 e. The largest absolute Gasteiger partial charge is 0.482 e. The molecule has 1 aromatic carbocycles. The van der Waals surface area contributed by atoms with Gasteiger partial charge in [-0.15, -0.1) is 0 Å². The molecule has 0 radical (unpaired) electrons. The maximum absolute atomic E-state index is 11.2. The lowest BCUT2D eigenvalue weighted by molar-refractivity contribution is -0.122. The van der Waals surface area contributed by atoms with Gasteiger partial charge in [0, 0.05) is 17.3 Å². The molecule has 0 aliphatic carbocycles. The van der Waals surface area contributed by atoms with Gasteiger partial charge in [0.25, 0.3) is 5.91 Å². The lowest BCUT2D eigenvalue weighted by Crippen LogP contribution is -2.30. The molecule has 0 aliphatic heterocycles. The molecular formula is C10H11Cl2NO2S. The van der Waals surface area contributed by atoms with Gasteiger partial charge in [-0.2, -0.15) is 12.6 Å². The van der Waals surface area contributed by atoms with Gasteiger partial charge in [-0.3, -0.25) is 4.79 Å². The molecule has 0 aromatic heterocycles. The number of hydrogen-bond acceptors (Lipinski definition) is 3. The molecule has 6 heteroatoms. The third-order valence-electron chi connectivity index (χ3n) is 1.69. The van der Waals surface area contributed by atoms with Crippen molar-refractivity contribution < 1.29 is 9.53 Å². The average Bonchev–Trinajstić information content (AvgIpc) is 2.25. The fraction of sp³-hybridized carbons (Fsp3) is 0.300. The summed E-state index contributed by atoms with van der Waals surface area (Å²) in [5, 5.41) is 3.53. The molecule has 0 unspecified atom stereocenters. The van der Waals surface area contributed by atoms with E-state index in [1.165, 1.54) is 0 Å². The second-order valence-electron chi connectivity index (χ2n) is 2.94.